The average Bonchev–Trinajstić information content (AvgIpc) is 1.81. The van der Waals surface area contributed by atoms with Gasteiger partial charge in [-0.15, -0.1) is 58.0 Å². The SMILES string of the molecule is COc1ccc(C(=O)c2ccccc2CCl)c(OC)c1.Cc1ccc(C(=O)c2ccc(F)cc2)c(CCl)c1.O=C(c1ccc(F)cc1)c1ccc(F)cc1CCl.O=C(c1ccccc1)c1ccccc1CCl.[C-]#[N+]c1ccc(C(=O)c2ccc(F)cc2)c(CCl)c1. The maximum absolute atomic E-state index is 13.0. The zero-order valence-electron chi connectivity index (χ0n) is 49.1. The number of ether oxygens (including phenoxy) is 2. The number of methoxy groups -OCH3 is 2. The summed E-state index contributed by atoms with van der Waals surface area (Å²) < 4.78 is 61.9. The molecule has 0 N–H and O–H groups in total. The van der Waals surface area contributed by atoms with E-state index in [2.05, 4.69) is 4.85 Å². The summed E-state index contributed by atoms with van der Waals surface area (Å²) in [5.41, 5.74) is 9.99. The van der Waals surface area contributed by atoms with Crippen molar-refractivity contribution in [1.29, 1.82) is 0 Å². The summed E-state index contributed by atoms with van der Waals surface area (Å²) in [5, 5.41) is 0. The molecule has 0 amide bonds. The number of rotatable bonds is 17. The highest BCUT2D eigenvalue weighted by atomic mass is 35.5. The van der Waals surface area contributed by atoms with Crippen molar-refractivity contribution in [3.63, 3.8) is 0 Å². The van der Waals surface area contributed by atoms with Crippen LogP contribution in [-0.4, -0.2) is 43.1 Å². The van der Waals surface area contributed by atoms with E-state index in [1.165, 1.54) is 98.1 Å². The quantitative estimate of drug-likeness (QED) is 0.0387. The lowest BCUT2D eigenvalue weighted by Gasteiger charge is -2.11. The summed E-state index contributed by atoms with van der Waals surface area (Å²) in [7, 11) is 3.10. The molecule has 10 rings (SSSR count). The van der Waals surface area contributed by atoms with Crippen LogP contribution in [0.4, 0.5) is 23.2 Å². The van der Waals surface area contributed by atoms with Crippen LogP contribution in [0.1, 0.15) is 113 Å². The van der Waals surface area contributed by atoms with E-state index in [0.29, 0.717) is 95.7 Å². The number of carbonyl (C=O) groups is 5. The predicted molar refractivity (Wildman–Crippen MR) is 353 cm³/mol. The van der Waals surface area contributed by atoms with Crippen LogP contribution in [0.25, 0.3) is 4.85 Å². The Kier molecular flexibility index (Phi) is 27.9. The first-order valence-electron chi connectivity index (χ1n) is 27.5. The Morgan fingerprint density at radius 2 is 0.703 bits per heavy atom. The van der Waals surface area contributed by atoms with Gasteiger partial charge in [0.25, 0.3) is 0 Å². The van der Waals surface area contributed by atoms with Crippen molar-refractivity contribution < 1.29 is 51.0 Å². The molecule has 0 atom stereocenters. The van der Waals surface area contributed by atoms with Crippen LogP contribution in [0.3, 0.4) is 0 Å². The smallest absolute Gasteiger partial charge is 0.197 e. The van der Waals surface area contributed by atoms with E-state index in [1.54, 1.807) is 55.6 Å². The summed E-state index contributed by atoms with van der Waals surface area (Å²) in [6.45, 7) is 8.88. The Morgan fingerprint density at radius 3 is 1.13 bits per heavy atom. The molecule has 17 heteroatoms. The van der Waals surface area contributed by atoms with Crippen LogP contribution < -0.4 is 9.47 Å². The van der Waals surface area contributed by atoms with Crippen LogP contribution in [0, 0.1) is 36.8 Å². The van der Waals surface area contributed by atoms with E-state index < -0.39 is 17.5 Å². The third-order valence-electron chi connectivity index (χ3n) is 13.5. The van der Waals surface area contributed by atoms with Crippen molar-refractivity contribution >= 4 is 92.6 Å². The molecule has 0 fully saturated rings. The van der Waals surface area contributed by atoms with Crippen LogP contribution >= 0.6 is 58.0 Å². The lowest BCUT2D eigenvalue weighted by atomic mass is 9.97. The zero-order chi connectivity index (χ0) is 66.0. The van der Waals surface area contributed by atoms with Crippen molar-refractivity contribution in [3.8, 4) is 11.5 Å². The van der Waals surface area contributed by atoms with E-state index in [0.717, 1.165) is 22.3 Å². The monoisotopic (exact) mass is 1320 g/mol. The van der Waals surface area contributed by atoms with Crippen LogP contribution in [0.2, 0.25) is 0 Å². The van der Waals surface area contributed by atoms with Gasteiger partial charge in [-0.05, 0) is 138 Å². The van der Waals surface area contributed by atoms with Crippen LogP contribution in [-0.2, 0) is 29.4 Å². The van der Waals surface area contributed by atoms with E-state index in [1.807, 2.05) is 91.9 Å². The Labute approximate surface area is 550 Å². The molecule has 8 nitrogen and oxygen atoms in total. The molecule has 0 aliphatic rings. The van der Waals surface area contributed by atoms with Gasteiger partial charge in [0.05, 0.1) is 26.4 Å². The van der Waals surface area contributed by atoms with Gasteiger partial charge in [-0.3, -0.25) is 24.0 Å². The molecule has 0 aromatic heterocycles. The van der Waals surface area contributed by atoms with Gasteiger partial charge in [0.1, 0.15) is 34.8 Å². The molecule has 0 aliphatic carbocycles. The number of carbonyl (C=O) groups excluding carboxylic acids is 5. The molecule has 0 radical (unpaired) electrons. The molecular weight excluding hydrogens is 1270 g/mol. The van der Waals surface area contributed by atoms with Gasteiger partial charge in [0.2, 0.25) is 0 Å². The van der Waals surface area contributed by atoms with Crippen molar-refractivity contribution in [3.05, 3.63) is 348 Å². The number of nitrogens with zero attached hydrogens (tertiary/aromatic N) is 1. The first kappa shape index (κ1) is 70.9. The number of ketones is 5. The molecule has 0 saturated carbocycles. The minimum atomic E-state index is -0.443. The minimum Gasteiger partial charge on any atom is -0.497 e. The Balaban J connectivity index is 0.000000181. The first-order valence-corrected chi connectivity index (χ1v) is 30.2. The third-order valence-corrected chi connectivity index (χ3v) is 15.0. The number of benzene rings is 10. The van der Waals surface area contributed by atoms with E-state index in [4.69, 9.17) is 74.1 Å². The topological polar surface area (TPSA) is 108 Å². The molecule has 91 heavy (non-hydrogen) atoms. The number of halogens is 9. The molecule has 0 heterocycles. The molecular formula is C74H56Cl5F4NO7. The third kappa shape index (κ3) is 19.9. The molecule has 10 aromatic rings. The number of alkyl halides is 5. The fourth-order valence-corrected chi connectivity index (χ4v) is 9.92. The van der Waals surface area contributed by atoms with Gasteiger partial charge in [0, 0.05) is 85.5 Å². The molecule has 0 unspecified atom stereocenters. The van der Waals surface area contributed by atoms with Crippen molar-refractivity contribution in [1.82, 2.24) is 0 Å². The average molecular weight is 1320 g/mol. The number of aryl methyl sites for hydroxylation is 1. The summed E-state index contributed by atoms with van der Waals surface area (Å²) in [5.74, 6) is -0.107. The van der Waals surface area contributed by atoms with E-state index >= 15 is 0 Å². The lowest BCUT2D eigenvalue weighted by Crippen LogP contribution is -2.06. The highest BCUT2D eigenvalue weighted by Gasteiger charge is 2.20. The van der Waals surface area contributed by atoms with Crippen LogP contribution in [0.15, 0.2) is 224 Å². The fourth-order valence-electron chi connectivity index (χ4n) is 8.79. The normalized spacial score (nSPS) is 10.2. The molecule has 0 bridgehead atoms. The van der Waals surface area contributed by atoms with Crippen molar-refractivity contribution in [2.45, 2.75) is 36.3 Å². The second-order valence-corrected chi connectivity index (χ2v) is 20.8. The Hall–Kier alpha value is -9.19. The summed E-state index contributed by atoms with van der Waals surface area (Å²) >= 11 is 29.0. The van der Waals surface area contributed by atoms with Gasteiger partial charge in [-0.2, -0.15) is 0 Å². The first-order chi connectivity index (χ1) is 43.9. The number of hydrogen-bond donors (Lipinski definition) is 0. The molecule has 10 aromatic carbocycles. The number of hydrogen-bond acceptors (Lipinski definition) is 7. The largest absolute Gasteiger partial charge is 0.497 e. The summed E-state index contributed by atoms with van der Waals surface area (Å²) in [6.07, 6.45) is 0. The molecule has 0 aliphatic heterocycles. The predicted octanol–water partition coefficient (Wildman–Crippen LogP) is 19.7. The van der Waals surface area contributed by atoms with E-state index in [9.17, 15) is 41.5 Å². The van der Waals surface area contributed by atoms with E-state index in [-0.39, 0.29) is 52.4 Å². The molecule has 462 valence electrons. The Bertz CT molecular complexity index is 4080. The van der Waals surface area contributed by atoms with Crippen molar-refractivity contribution in [2.75, 3.05) is 14.2 Å². The standard InChI is InChI=1S/C16H15ClO3.C15H9ClFNO.C15H12ClFO.C14H9ClF2O.C14H11ClO/c1-19-12-7-8-14(15(9-12)20-2)16(18)13-6-4-3-5-11(13)10-17;1-18-13-6-7-14(11(8-13)9-16)15(19)10-2-4-12(17)5-3-10;1-10-2-7-14(12(8-10)9-16)15(18)11-3-5-13(17)6-4-11;15-8-10-7-12(17)5-6-13(10)14(18)9-1-3-11(16)4-2-9;15-10-12-8-4-5-9-13(12)14(16)11-6-2-1-3-7-11/h3-9H,10H2,1-2H3;2-8H,9H2;2-8H,9H2,1H3;1-7H,8H2;1-9H,10H2. The van der Waals surface area contributed by atoms with Gasteiger partial charge in [0.15, 0.2) is 34.6 Å². The second-order valence-electron chi connectivity index (χ2n) is 19.5. The highest BCUT2D eigenvalue weighted by Crippen LogP contribution is 2.29. The minimum absolute atomic E-state index is 0.0249. The zero-order valence-corrected chi connectivity index (χ0v) is 52.9. The summed E-state index contributed by atoms with van der Waals surface area (Å²) in [6, 6.07) is 59.2. The summed E-state index contributed by atoms with van der Waals surface area (Å²) in [4.78, 5) is 64.8. The highest BCUT2D eigenvalue weighted by molar-refractivity contribution is 6.21. The maximum atomic E-state index is 13.0. The lowest BCUT2D eigenvalue weighted by molar-refractivity contribution is 0.102. The van der Waals surface area contributed by atoms with Gasteiger partial charge < -0.3 is 9.47 Å². The molecule has 0 spiro atoms. The fraction of sp³-hybridized carbons (Fsp3) is 0.108. The van der Waals surface area contributed by atoms with Gasteiger partial charge in [-0.25, -0.2) is 22.4 Å². The molecule has 0 saturated heterocycles. The Morgan fingerprint density at radius 1 is 0.352 bits per heavy atom. The second kappa shape index (κ2) is 35.9. The van der Waals surface area contributed by atoms with Crippen LogP contribution in [0.5, 0.6) is 11.5 Å². The maximum Gasteiger partial charge on any atom is 0.197 e. The van der Waals surface area contributed by atoms with Gasteiger partial charge in [-0.1, -0.05) is 121 Å². The van der Waals surface area contributed by atoms with Gasteiger partial charge >= 0.3 is 0 Å². The van der Waals surface area contributed by atoms with Crippen molar-refractivity contribution in [2.24, 2.45) is 0 Å².